The molecule has 1 rings (SSSR count). The second-order valence-electron chi connectivity index (χ2n) is 4.64. The first kappa shape index (κ1) is 20.2. The lowest BCUT2D eigenvalue weighted by molar-refractivity contribution is -0.145. The van der Waals surface area contributed by atoms with E-state index in [-0.39, 0.29) is 5.91 Å². The normalized spacial score (nSPS) is 11.9. The number of carbonyl (C=O) groups is 2. The highest BCUT2D eigenvalue weighted by Crippen LogP contribution is 2.39. The molecule has 0 saturated heterocycles. The van der Waals surface area contributed by atoms with Crippen LogP contribution in [0.1, 0.15) is 26.7 Å². The Labute approximate surface area is 170 Å². The maximum absolute atomic E-state index is 11.7. The monoisotopic (exact) mass is 643 g/mol. The molecular formula is C14H16I3NO4. The minimum atomic E-state index is -0.978. The molecule has 0 aromatic heterocycles. The van der Waals surface area contributed by atoms with E-state index in [0.717, 1.165) is 16.4 Å². The first-order chi connectivity index (χ1) is 10.2. The van der Waals surface area contributed by atoms with Gasteiger partial charge in [-0.15, -0.1) is 0 Å². The van der Waals surface area contributed by atoms with Gasteiger partial charge in [0.1, 0.15) is 5.75 Å². The molecule has 0 spiro atoms. The zero-order valence-electron chi connectivity index (χ0n) is 12.3. The highest BCUT2D eigenvalue weighted by molar-refractivity contribution is 14.1. The summed E-state index contributed by atoms with van der Waals surface area (Å²) in [6.45, 7) is 3.40. The molecular weight excluding hydrogens is 627 g/mol. The fourth-order valence-corrected chi connectivity index (χ4v) is 6.12. The molecule has 8 heteroatoms. The Hall–Kier alpha value is 0.150. The number of carboxylic acids is 1. The Bertz CT molecular complexity index is 592. The lowest BCUT2D eigenvalue weighted by atomic mass is 10.2. The van der Waals surface area contributed by atoms with Crippen LogP contribution in [-0.4, -0.2) is 30.1 Å². The molecule has 1 atom stereocenters. The number of aliphatic carboxylic acids is 1. The van der Waals surface area contributed by atoms with Crippen LogP contribution in [0.4, 0.5) is 5.69 Å². The van der Waals surface area contributed by atoms with E-state index in [2.05, 4.69) is 67.8 Å². The fourth-order valence-electron chi connectivity index (χ4n) is 1.77. The minimum Gasteiger partial charge on any atom is -0.479 e. The molecule has 5 nitrogen and oxygen atoms in total. The Kier molecular flexibility index (Phi) is 8.12. The third-order valence-corrected chi connectivity index (χ3v) is 5.62. The van der Waals surface area contributed by atoms with Crippen LogP contribution in [0.2, 0.25) is 0 Å². The number of carbonyl (C=O) groups excluding carboxylic acids is 1. The van der Waals surface area contributed by atoms with E-state index in [4.69, 9.17) is 4.74 Å². The molecule has 1 aromatic rings. The lowest BCUT2D eigenvalue weighted by Gasteiger charge is -2.23. The van der Waals surface area contributed by atoms with Gasteiger partial charge in [0.15, 0.2) is 6.10 Å². The quantitative estimate of drug-likeness (QED) is 0.475. The van der Waals surface area contributed by atoms with Gasteiger partial charge in [0.05, 0.1) is 12.8 Å². The Morgan fingerprint density at radius 1 is 1.32 bits per heavy atom. The van der Waals surface area contributed by atoms with Gasteiger partial charge >= 0.3 is 5.97 Å². The zero-order chi connectivity index (χ0) is 17.0. The van der Waals surface area contributed by atoms with Crippen molar-refractivity contribution in [3.8, 4) is 5.75 Å². The van der Waals surface area contributed by atoms with Crippen molar-refractivity contribution in [1.82, 2.24) is 0 Å². The molecule has 1 unspecified atom stereocenters. The van der Waals surface area contributed by atoms with Crippen LogP contribution >= 0.6 is 67.8 Å². The second-order valence-corrected chi connectivity index (χ2v) is 8.05. The number of rotatable bonds is 6. The molecule has 1 amide bonds. The summed E-state index contributed by atoms with van der Waals surface area (Å²) in [6.07, 6.45) is 0.266. The molecule has 122 valence electrons. The fraction of sp³-hybridized carbons (Fsp3) is 0.429. The highest BCUT2D eigenvalue weighted by atomic mass is 127. The number of anilines is 1. The summed E-state index contributed by atoms with van der Waals surface area (Å²) in [7, 11) is 1.69. The van der Waals surface area contributed by atoms with Gasteiger partial charge in [0, 0.05) is 17.5 Å². The number of amides is 1. The number of hydrogen-bond donors (Lipinski definition) is 1. The van der Waals surface area contributed by atoms with Crippen LogP contribution in [-0.2, 0) is 9.59 Å². The van der Waals surface area contributed by atoms with Gasteiger partial charge in [-0.05, 0) is 80.3 Å². The smallest absolute Gasteiger partial charge is 0.344 e. The zero-order valence-corrected chi connectivity index (χ0v) is 18.8. The highest BCUT2D eigenvalue weighted by Gasteiger charge is 2.25. The Balaban J connectivity index is 3.33. The van der Waals surface area contributed by atoms with Crippen molar-refractivity contribution in [3.63, 3.8) is 0 Å². The van der Waals surface area contributed by atoms with Gasteiger partial charge in [0.2, 0.25) is 5.91 Å². The van der Waals surface area contributed by atoms with E-state index < -0.39 is 12.1 Å². The van der Waals surface area contributed by atoms with Gasteiger partial charge in [0.25, 0.3) is 0 Å². The van der Waals surface area contributed by atoms with Gasteiger partial charge < -0.3 is 14.7 Å². The number of hydrogen-bond acceptors (Lipinski definition) is 3. The van der Waals surface area contributed by atoms with Crippen molar-refractivity contribution in [2.24, 2.45) is 0 Å². The summed E-state index contributed by atoms with van der Waals surface area (Å²) >= 11 is 6.39. The molecule has 0 aliphatic heterocycles. The van der Waals surface area contributed by atoms with E-state index in [0.29, 0.717) is 18.6 Å². The summed E-state index contributed by atoms with van der Waals surface area (Å²) < 4.78 is 8.24. The summed E-state index contributed by atoms with van der Waals surface area (Å²) in [5.41, 5.74) is 0.741. The van der Waals surface area contributed by atoms with Crippen LogP contribution in [0.5, 0.6) is 5.75 Å². The summed E-state index contributed by atoms with van der Waals surface area (Å²) in [5, 5.41) is 9.27. The number of carboxylic acid groups (broad SMARTS) is 1. The number of halogens is 3. The van der Waals surface area contributed by atoms with Crippen molar-refractivity contribution in [2.45, 2.75) is 32.8 Å². The lowest BCUT2D eigenvalue weighted by Crippen LogP contribution is -2.29. The van der Waals surface area contributed by atoms with E-state index in [1.165, 1.54) is 6.92 Å². The van der Waals surface area contributed by atoms with Crippen LogP contribution in [0.15, 0.2) is 6.07 Å². The Morgan fingerprint density at radius 3 is 2.36 bits per heavy atom. The second kappa shape index (κ2) is 8.85. The summed E-state index contributed by atoms with van der Waals surface area (Å²) in [5.74, 6) is -0.551. The molecule has 0 radical (unpaired) electrons. The van der Waals surface area contributed by atoms with Crippen LogP contribution < -0.4 is 9.64 Å². The average molecular weight is 643 g/mol. The minimum absolute atomic E-state index is 0.0914. The van der Waals surface area contributed by atoms with Crippen LogP contribution in [0, 0.1) is 10.7 Å². The van der Waals surface area contributed by atoms with Crippen molar-refractivity contribution in [3.05, 3.63) is 16.8 Å². The van der Waals surface area contributed by atoms with E-state index in [9.17, 15) is 14.7 Å². The van der Waals surface area contributed by atoms with Crippen molar-refractivity contribution in [2.75, 3.05) is 11.9 Å². The molecule has 1 N–H and O–H groups in total. The molecule has 0 aliphatic rings. The number of nitrogens with zero attached hydrogens (tertiary/aromatic N) is 1. The topological polar surface area (TPSA) is 66.8 Å². The molecule has 0 aliphatic carbocycles. The van der Waals surface area contributed by atoms with Gasteiger partial charge in [-0.3, -0.25) is 4.79 Å². The maximum atomic E-state index is 11.7. The Morgan fingerprint density at radius 2 is 1.91 bits per heavy atom. The predicted molar refractivity (Wildman–Crippen MR) is 111 cm³/mol. The third-order valence-electron chi connectivity index (χ3n) is 3.00. The average Bonchev–Trinajstić information content (AvgIpc) is 2.41. The molecule has 0 saturated carbocycles. The van der Waals surface area contributed by atoms with Crippen LogP contribution in [0.25, 0.3) is 0 Å². The molecule has 0 fully saturated rings. The summed E-state index contributed by atoms with van der Waals surface area (Å²) in [6, 6.07) is 1.89. The maximum Gasteiger partial charge on any atom is 0.344 e. The van der Waals surface area contributed by atoms with Crippen molar-refractivity contribution >= 4 is 85.3 Å². The first-order valence-corrected chi connectivity index (χ1v) is 9.75. The van der Waals surface area contributed by atoms with Gasteiger partial charge in [-0.2, -0.15) is 0 Å². The molecule has 0 bridgehead atoms. The van der Waals surface area contributed by atoms with Crippen molar-refractivity contribution in [1.29, 1.82) is 0 Å². The van der Waals surface area contributed by atoms with Crippen molar-refractivity contribution < 1.29 is 19.4 Å². The third kappa shape index (κ3) is 4.82. The first-order valence-electron chi connectivity index (χ1n) is 6.51. The van der Waals surface area contributed by atoms with E-state index in [1.807, 2.05) is 13.0 Å². The number of ether oxygens (including phenoxy) is 1. The SMILES string of the molecule is CCCC(Oc1c(I)cc(I)c(N(C)C(C)=O)c1I)C(=O)O. The van der Waals surface area contributed by atoms with Crippen LogP contribution in [0.3, 0.4) is 0 Å². The molecule has 22 heavy (non-hydrogen) atoms. The van der Waals surface area contributed by atoms with Gasteiger partial charge in [-0.25, -0.2) is 4.79 Å². The predicted octanol–water partition coefficient (Wildman–Crippen LogP) is 4.12. The molecule has 1 aromatic carbocycles. The van der Waals surface area contributed by atoms with E-state index in [1.54, 1.807) is 11.9 Å². The number of benzene rings is 1. The van der Waals surface area contributed by atoms with E-state index >= 15 is 0 Å². The standard InChI is InChI=1S/C14H16I3NO4/c1-4-5-10(14(20)21)22-13-9(16)6-8(15)12(11(13)17)18(3)7(2)19/h6,10H,4-5H2,1-3H3,(H,20,21). The molecule has 0 heterocycles. The largest absolute Gasteiger partial charge is 0.479 e. The summed E-state index contributed by atoms with van der Waals surface area (Å²) in [4.78, 5) is 24.5. The van der Waals surface area contributed by atoms with Gasteiger partial charge in [-0.1, -0.05) is 13.3 Å².